The lowest BCUT2D eigenvalue weighted by atomic mass is 10.1. The summed E-state index contributed by atoms with van der Waals surface area (Å²) in [6.07, 6.45) is 4.02. The van der Waals surface area contributed by atoms with Crippen molar-refractivity contribution in [3.8, 4) is 0 Å². The van der Waals surface area contributed by atoms with E-state index >= 15 is 0 Å². The molecular formula is C19H20O2. The smallest absolute Gasteiger partial charge is 0.338 e. The predicted molar refractivity (Wildman–Crippen MR) is 86.9 cm³/mol. The van der Waals surface area contributed by atoms with Crippen molar-refractivity contribution >= 4 is 18.1 Å². The summed E-state index contributed by atoms with van der Waals surface area (Å²) in [5.74, 6) is 0.0776. The van der Waals surface area contributed by atoms with Crippen LogP contribution in [0.4, 0.5) is 0 Å². The number of carbonyl (C=O) groups excluding carboxylic acids is 1. The standard InChI is InChI=1S/C19H20O2/c1-15(2)14-21-19(20)18-10-6-9-17(13-18)12-11-16-7-4-3-5-8-16/h3-13,15H,14H2,1-2H3/b12-11+. The molecule has 0 aliphatic carbocycles. The maximum atomic E-state index is 11.9. The van der Waals surface area contributed by atoms with Crippen LogP contribution in [0.1, 0.15) is 35.3 Å². The van der Waals surface area contributed by atoms with Gasteiger partial charge in [-0.15, -0.1) is 0 Å². The molecule has 2 rings (SSSR count). The van der Waals surface area contributed by atoms with Gasteiger partial charge in [0.25, 0.3) is 0 Å². The van der Waals surface area contributed by atoms with E-state index in [1.54, 1.807) is 6.07 Å². The van der Waals surface area contributed by atoms with Crippen LogP contribution in [0.25, 0.3) is 12.2 Å². The third-order valence-corrected chi connectivity index (χ3v) is 2.94. The zero-order valence-electron chi connectivity index (χ0n) is 12.5. The first-order valence-electron chi connectivity index (χ1n) is 7.15. The van der Waals surface area contributed by atoms with Crippen LogP contribution >= 0.6 is 0 Å². The molecule has 108 valence electrons. The Morgan fingerprint density at radius 3 is 2.38 bits per heavy atom. The highest BCUT2D eigenvalue weighted by molar-refractivity contribution is 5.90. The summed E-state index contributed by atoms with van der Waals surface area (Å²) in [6.45, 7) is 4.49. The number of carbonyl (C=O) groups is 1. The van der Waals surface area contributed by atoms with E-state index in [0.29, 0.717) is 18.1 Å². The summed E-state index contributed by atoms with van der Waals surface area (Å²) >= 11 is 0. The van der Waals surface area contributed by atoms with Gasteiger partial charge in [0.05, 0.1) is 12.2 Å². The second kappa shape index (κ2) is 7.44. The van der Waals surface area contributed by atoms with Gasteiger partial charge < -0.3 is 4.74 Å². The number of esters is 1. The molecule has 2 nitrogen and oxygen atoms in total. The number of benzene rings is 2. The minimum absolute atomic E-state index is 0.265. The van der Waals surface area contributed by atoms with Gasteiger partial charge in [-0.25, -0.2) is 4.79 Å². The maximum absolute atomic E-state index is 11.9. The lowest BCUT2D eigenvalue weighted by Crippen LogP contribution is -2.10. The lowest BCUT2D eigenvalue weighted by Gasteiger charge is -2.07. The predicted octanol–water partition coefficient (Wildman–Crippen LogP) is 4.67. The highest BCUT2D eigenvalue weighted by Gasteiger charge is 2.07. The van der Waals surface area contributed by atoms with Crippen LogP contribution in [-0.2, 0) is 4.74 Å². The summed E-state index contributed by atoms with van der Waals surface area (Å²) in [4.78, 5) is 11.9. The molecule has 0 amide bonds. The summed E-state index contributed by atoms with van der Waals surface area (Å²) < 4.78 is 5.24. The SMILES string of the molecule is CC(C)COC(=O)c1cccc(/C=C/c2ccccc2)c1. The molecule has 0 heterocycles. The van der Waals surface area contributed by atoms with Crippen LogP contribution in [0.5, 0.6) is 0 Å². The van der Waals surface area contributed by atoms with E-state index in [0.717, 1.165) is 11.1 Å². The van der Waals surface area contributed by atoms with Crippen LogP contribution in [0.15, 0.2) is 54.6 Å². The molecule has 0 spiro atoms. The molecule has 2 aromatic rings. The topological polar surface area (TPSA) is 26.3 Å². The van der Waals surface area contributed by atoms with Crippen LogP contribution in [0.2, 0.25) is 0 Å². The van der Waals surface area contributed by atoms with Crippen molar-refractivity contribution in [2.75, 3.05) is 6.61 Å². The summed E-state index contributed by atoms with van der Waals surface area (Å²) in [5, 5.41) is 0. The van der Waals surface area contributed by atoms with Gasteiger partial charge >= 0.3 is 5.97 Å². The van der Waals surface area contributed by atoms with Crippen molar-refractivity contribution in [2.45, 2.75) is 13.8 Å². The van der Waals surface area contributed by atoms with Crippen LogP contribution < -0.4 is 0 Å². The molecule has 0 saturated heterocycles. The summed E-state index contributed by atoms with van der Waals surface area (Å²) in [7, 11) is 0. The largest absolute Gasteiger partial charge is 0.462 e. The molecule has 0 unspecified atom stereocenters. The zero-order chi connectivity index (χ0) is 15.1. The highest BCUT2D eigenvalue weighted by Crippen LogP contribution is 2.11. The Balaban J connectivity index is 2.07. The molecule has 0 bridgehead atoms. The van der Waals surface area contributed by atoms with Crippen LogP contribution in [0.3, 0.4) is 0 Å². The normalized spacial score (nSPS) is 11.0. The van der Waals surface area contributed by atoms with Gasteiger partial charge in [0, 0.05) is 0 Å². The summed E-state index contributed by atoms with van der Waals surface area (Å²) in [6, 6.07) is 17.5. The fourth-order valence-electron chi connectivity index (χ4n) is 1.85. The van der Waals surface area contributed by atoms with E-state index in [1.807, 2.05) is 74.5 Å². The van der Waals surface area contributed by atoms with Crippen LogP contribution in [0, 0.1) is 5.92 Å². The fraction of sp³-hybridized carbons (Fsp3) is 0.211. The summed E-state index contributed by atoms with van der Waals surface area (Å²) in [5.41, 5.74) is 2.70. The number of rotatable bonds is 5. The first-order valence-corrected chi connectivity index (χ1v) is 7.15. The molecule has 0 radical (unpaired) electrons. The average molecular weight is 280 g/mol. The first kappa shape index (κ1) is 15.0. The molecule has 0 atom stereocenters. The zero-order valence-corrected chi connectivity index (χ0v) is 12.5. The van der Waals surface area contributed by atoms with Crippen molar-refractivity contribution in [3.05, 3.63) is 71.3 Å². The number of hydrogen-bond donors (Lipinski definition) is 0. The van der Waals surface area contributed by atoms with E-state index in [-0.39, 0.29) is 5.97 Å². The van der Waals surface area contributed by atoms with E-state index < -0.39 is 0 Å². The number of hydrogen-bond acceptors (Lipinski definition) is 2. The Labute approximate surface area is 126 Å². The van der Waals surface area contributed by atoms with E-state index in [2.05, 4.69) is 0 Å². The Morgan fingerprint density at radius 1 is 1.00 bits per heavy atom. The Morgan fingerprint density at radius 2 is 1.67 bits per heavy atom. The average Bonchev–Trinajstić information content (AvgIpc) is 2.52. The molecule has 0 aliphatic rings. The third-order valence-electron chi connectivity index (χ3n) is 2.94. The molecule has 21 heavy (non-hydrogen) atoms. The minimum Gasteiger partial charge on any atom is -0.462 e. The molecule has 0 aromatic heterocycles. The fourth-order valence-corrected chi connectivity index (χ4v) is 1.85. The van der Waals surface area contributed by atoms with Crippen LogP contribution in [-0.4, -0.2) is 12.6 Å². The van der Waals surface area contributed by atoms with Crippen molar-refractivity contribution in [1.29, 1.82) is 0 Å². The highest BCUT2D eigenvalue weighted by atomic mass is 16.5. The quantitative estimate of drug-likeness (QED) is 0.587. The van der Waals surface area contributed by atoms with Crippen molar-refractivity contribution in [2.24, 2.45) is 5.92 Å². The van der Waals surface area contributed by atoms with Gasteiger partial charge in [0.2, 0.25) is 0 Å². The van der Waals surface area contributed by atoms with Gasteiger partial charge in [-0.05, 0) is 29.2 Å². The van der Waals surface area contributed by atoms with E-state index in [1.165, 1.54) is 0 Å². The molecule has 0 fully saturated rings. The van der Waals surface area contributed by atoms with Gasteiger partial charge in [-0.3, -0.25) is 0 Å². The Hall–Kier alpha value is -2.35. The van der Waals surface area contributed by atoms with Crippen molar-refractivity contribution in [1.82, 2.24) is 0 Å². The van der Waals surface area contributed by atoms with Crippen molar-refractivity contribution < 1.29 is 9.53 Å². The van der Waals surface area contributed by atoms with Gasteiger partial charge in [-0.1, -0.05) is 68.5 Å². The van der Waals surface area contributed by atoms with Gasteiger partial charge in [0.1, 0.15) is 0 Å². The number of ether oxygens (including phenoxy) is 1. The monoisotopic (exact) mass is 280 g/mol. The third kappa shape index (κ3) is 4.92. The second-order valence-electron chi connectivity index (χ2n) is 5.36. The van der Waals surface area contributed by atoms with Gasteiger partial charge in [0.15, 0.2) is 0 Å². The van der Waals surface area contributed by atoms with E-state index in [4.69, 9.17) is 4.74 Å². The molecular weight excluding hydrogens is 260 g/mol. The molecule has 2 heteroatoms. The lowest BCUT2D eigenvalue weighted by molar-refractivity contribution is 0.0459. The molecule has 0 saturated carbocycles. The second-order valence-corrected chi connectivity index (χ2v) is 5.36. The maximum Gasteiger partial charge on any atom is 0.338 e. The van der Waals surface area contributed by atoms with E-state index in [9.17, 15) is 4.79 Å². The molecule has 0 aliphatic heterocycles. The Bertz CT molecular complexity index is 612. The van der Waals surface area contributed by atoms with Crippen molar-refractivity contribution in [3.63, 3.8) is 0 Å². The minimum atomic E-state index is -0.265. The first-order chi connectivity index (χ1) is 10.1. The van der Waals surface area contributed by atoms with Gasteiger partial charge in [-0.2, -0.15) is 0 Å². The molecule has 0 N–H and O–H groups in total. The Kier molecular flexibility index (Phi) is 5.33. The molecule has 2 aromatic carbocycles.